The van der Waals surface area contributed by atoms with Crippen LogP contribution in [-0.2, 0) is 23.0 Å². The van der Waals surface area contributed by atoms with E-state index in [2.05, 4.69) is 0 Å². The normalized spacial score (nSPS) is 13.2. The van der Waals surface area contributed by atoms with Gasteiger partial charge in [0.1, 0.15) is 0 Å². The SMILES string of the molecule is CS(=O)(=O)N(Cc1c(Cl)cccc1Cl)c1ccc(C(=O)N2CCc3ccccc32)cc1. The molecule has 0 aliphatic carbocycles. The summed E-state index contributed by atoms with van der Waals surface area (Å²) in [6.45, 7) is 0.616. The second-order valence-electron chi connectivity index (χ2n) is 7.35. The summed E-state index contributed by atoms with van der Waals surface area (Å²) < 4.78 is 26.2. The van der Waals surface area contributed by atoms with Crippen LogP contribution in [0, 0.1) is 0 Å². The monoisotopic (exact) mass is 474 g/mol. The van der Waals surface area contributed by atoms with Gasteiger partial charge in [-0.3, -0.25) is 9.10 Å². The van der Waals surface area contributed by atoms with Gasteiger partial charge in [0, 0.05) is 33.4 Å². The quantitative estimate of drug-likeness (QED) is 0.512. The first-order valence-corrected chi connectivity index (χ1v) is 12.3. The number of para-hydroxylation sites is 1. The minimum absolute atomic E-state index is 0.00979. The summed E-state index contributed by atoms with van der Waals surface area (Å²) in [5, 5.41) is 0.779. The number of sulfonamides is 1. The van der Waals surface area contributed by atoms with Gasteiger partial charge in [-0.25, -0.2) is 8.42 Å². The molecule has 3 aromatic rings. The molecule has 1 amide bonds. The molecule has 0 unspecified atom stereocenters. The summed E-state index contributed by atoms with van der Waals surface area (Å²) in [5.74, 6) is -0.114. The Bertz CT molecular complexity index is 1220. The first-order chi connectivity index (χ1) is 14.8. The van der Waals surface area contributed by atoms with Crippen LogP contribution in [0.5, 0.6) is 0 Å². The third-order valence-electron chi connectivity index (χ3n) is 5.30. The lowest BCUT2D eigenvalue weighted by Crippen LogP contribution is -2.30. The van der Waals surface area contributed by atoms with Crippen molar-refractivity contribution in [1.29, 1.82) is 0 Å². The molecule has 1 aliphatic rings. The highest BCUT2D eigenvalue weighted by molar-refractivity contribution is 7.92. The van der Waals surface area contributed by atoms with Gasteiger partial charge in [-0.1, -0.05) is 47.5 Å². The molecular weight excluding hydrogens is 455 g/mol. The highest BCUT2D eigenvalue weighted by Gasteiger charge is 2.26. The number of rotatable bonds is 5. The number of fused-ring (bicyclic) bond motifs is 1. The summed E-state index contributed by atoms with van der Waals surface area (Å²) in [7, 11) is -3.62. The van der Waals surface area contributed by atoms with Crippen LogP contribution in [-0.4, -0.2) is 27.1 Å². The Balaban J connectivity index is 1.62. The van der Waals surface area contributed by atoms with Gasteiger partial charge in [-0.05, 0) is 54.4 Å². The first kappa shape index (κ1) is 21.7. The number of hydrogen-bond donors (Lipinski definition) is 0. The van der Waals surface area contributed by atoms with Crippen molar-refractivity contribution >= 4 is 50.5 Å². The van der Waals surface area contributed by atoms with Crippen molar-refractivity contribution in [2.45, 2.75) is 13.0 Å². The van der Waals surface area contributed by atoms with Crippen LogP contribution < -0.4 is 9.21 Å². The smallest absolute Gasteiger partial charge is 0.258 e. The molecule has 0 atom stereocenters. The Kier molecular flexibility index (Phi) is 5.97. The molecule has 0 aromatic heterocycles. The molecule has 1 heterocycles. The molecule has 5 nitrogen and oxygen atoms in total. The fourth-order valence-corrected chi connectivity index (χ4v) is 5.09. The van der Waals surface area contributed by atoms with Crippen LogP contribution in [0.2, 0.25) is 10.0 Å². The van der Waals surface area contributed by atoms with E-state index in [9.17, 15) is 13.2 Å². The van der Waals surface area contributed by atoms with Crippen molar-refractivity contribution in [3.63, 3.8) is 0 Å². The van der Waals surface area contributed by atoms with Gasteiger partial charge in [-0.2, -0.15) is 0 Å². The first-order valence-electron chi connectivity index (χ1n) is 9.66. The number of nitrogens with zero attached hydrogens (tertiary/aromatic N) is 2. The largest absolute Gasteiger partial charge is 0.308 e. The van der Waals surface area contributed by atoms with Crippen LogP contribution in [0.15, 0.2) is 66.7 Å². The van der Waals surface area contributed by atoms with Crippen molar-refractivity contribution in [2.24, 2.45) is 0 Å². The maximum atomic E-state index is 13.0. The Morgan fingerprint density at radius 2 is 1.61 bits per heavy atom. The van der Waals surface area contributed by atoms with Gasteiger partial charge in [0.15, 0.2) is 0 Å². The van der Waals surface area contributed by atoms with E-state index in [1.54, 1.807) is 47.4 Å². The Hall–Kier alpha value is -2.54. The molecule has 0 saturated heterocycles. The molecule has 160 valence electrons. The number of anilines is 2. The fraction of sp³-hybridized carbons (Fsp3) is 0.174. The molecule has 31 heavy (non-hydrogen) atoms. The fourth-order valence-electron chi connectivity index (χ4n) is 3.70. The van der Waals surface area contributed by atoms with E-state index in [1.165, 1.54) is 4.31 Å². The zero-order valence-corrected chi connectivity index (χ0v) is 19.1. The summed E-state index contributed by atoms with van der Waals surface area (Å²) >= 11 is 12.5. The molecule has 0 fully saturated rings. The van der Waals surface area contributed by atoms with Crippen molar-refractivity contribution in [2.75, 3.05) is 22.0 Å². The van der Waals surface area contributed by atoms with Crippen molar-refractivity contribution in [1.82, 2.24) is 0 Å². The number of carbonyl (C=O) groups excluding carboxylic acids is 1. The van der Waals surface area contributed by atoms with E-state index in [0.717, 1.165) is 23.9 Å². The third-order valence-corrected chi connectivity index (χ3v) is 7.15. The van der Waals surface area contributed by atoms with Crippen LogP contribution in [0.4, 0.5) is 11.4 Å². The second-order valence-corrected chi connectivity index (χ2v) is 10.1. The molecule has 1 aliphatic heterocycles. The van der Waals surface area contributed by atoms with E-state index in [4.69, 9.17) is 23.2 Å². The zero-order valence-electron chi connectivity index (χ0n) is 16.8. The van der Waals surface area contributed by atoms with Crippen LogP contribution >= 0.6 is 23.2 Å². The predicted molar refractivity (Wildman–Crippen MR) is 126 cm³/mol. The summed E-state index contributed by atoms with van der Waals surface area (Å²) in [6, 6.07) is 19.4. The molecule has 4 rings (SSSR count). The van der Waals surface area contributed by atoms with E-state index in [1.807, 2.05) is 24.3 Å². The van der Waals surface area contributed by atoms with Crippen molar-refractivity contribution in [3.05, 3.63) is 93.5 Å². The second kappa shape index (κ2) is 8.54. The molecule has 0 bridgehead atoms. The average molecular weight is 475 g/mol. The third kappa shape index (κ3) is 4.42. The van der Waals surface area contributed by atoms with Gasteiger partial charge < -0.3 is 4.90 Å². The minimum atomic E-state index is -3.62. The minimum Gasteiger partial charge on any atom is -0.308 e. The summed E-state index contributed by atoms with van der Waals surface area (Å²) in [6.07, 6.45) is 1.94. The van der Waals surface area contributed by atoms with Crippen LogP contribution in [0.25, 0.3) is 0 Å². The molecule has 8 heteroatoms. The van der Waals surface area contributed by atoms with Gasteiger partial charge in [0.2, 0.25) is 10.0 Å². The van der Waals surface area contributed by atoms with Gasteiger partial charge >= 0.3 is 0 Å². The number of carbonyl (C=O) groups is 1. The lowest BCUT2D eigenvalue weighted by molar-refractivity contribution is 0.0989. The molecule has 0 radical (unpaired) electrons. The topological polar surface area (TPSA) is 57.7 Å². The summed E-state index contributed by atoms with van der Waals surface area (Å²) in [5.41, 5.74) is 3.50. The molecule has 0 N–H and O–H groups in total. The van der Waals surface area contributed by atoms with Gasteiger partial charge in [0.25, 0.3) is 5.91 Å². The Morgan fingerprint density at radius 3 is 2.26 bits per heavy atom. The van der Waals surface area contributed by atoms with Gasteiger partial charge in [0.05, 0.1) is 18.5 Å². The average Bonchev–Trinajstić information content (AvgIpc) is 3.16. The predicted octanol–water partition coefficient (Wildman–Crippen LogP) is 5.16. The maximum absolute atomic E-state index is 13.0. The number of amides is 1. The zero-order chi connectivity index (χ0) is 22.2. The standard InChI is InChI=1S/C23H20Cl2N2O3S/c1-31(29,30)27(15-19-20(24)6-4-7-21(19)25)18-11-9-17(10-12-18)23(28)26-14-13-16-5-2-3-8-22(16)26/h2-12H,13-15H2,1H3. The highest BCUT2D eigenvalue weighted by Crippen LogP contribution is 2.31. The Morgan fingerprint density at radius 1 is 0.968 bits per heavy atom. The Labute approximate surface area is 191 Å². The van der Waals surface area contributed by atoms with E-state index in [0.29, 0.717) is 33.4 Å². The van der Waals surface area contributed by atoms with Gasteiger partial charge in [-0.15, -0.1) is 0 Å². The molecule has 0 saturated carbocycles. The molecule has 0 spiro atoms. The van der Waals surface area contributed by atoms with Crippen LogP contribution in [0.3, 0.4) is 0 Å². The van der Waals surface area contributed by atoms with Crippen molar-refractivity contribution < 1.29 is 13.2 Å². The lowest BCUT2D eigenvalue weighted by atomic mass is 10.1. The van der Waals surface area contributed by atoms with Crippen molar-refractivity contribution in [3.8, 4) is 0 Å². The number of halogens is 2. The molecular formula is C23H20Cl2N2O3S. The highest BCUT2D eigenvalue weighted by atomic mass is 35.5. The number of benzene rings is 3. The summed E-state index contributed by atoms with van der Waals surface area (Å²) in [4.78, 5) is 14.8. The van der Waals surface area contributed by atoms with E-state index >= 15 is 0 Å². The molecule has 3 aromatic carbocycles. The van der Waals surface area contributed by atoms with E-state index < -0.39 is 10.0 Å². The lowest BCUT2D eigenvalue weighted by Gasteiger charge is -2.24. The van der Waals surface area contributed by atoms with E-state index in [-0.39, 0.29) is 12.5 Å². The maximum Gasteiger partial charge on any atom is 0.258 e. The number of hydrogen-bond acceptors (Lipinski definition) is 3. The van der Waals surface area contributed by atoms with Crippen LogP contribution in [0.1, 0.15) is 21.5 Å².